The Bertz CT molecular complexity index is 800. The lowest BCUT2D eigenvalue weighted by atomic mass is 10.1. The summed E-state index contributed by atoms with van der Waals surface area (Å²) in [5.74, 6) is -0.242. The van der Waals surface area contributed by atoms with Gasteiger partial charge in [-0.25, -0.2) is 0 Å². The van der Waals surface area contributed by atoms with Gasteiger partial charge in [0.1, 0.15) is 6.10 Å². The van der Waals surface area contributed by atoms with Crippen molar-refractivity contribution in [2.24, 2.45) is 0 Å². The van der Waals surface area contributed by atoms with Crippen molar-refractivity contribution < 1.29 is 19.4 Å². The van der Waals surface area contributed by atoms with Crippen molar-refractivity contribution in [1.82, 2.24) is 0 Å². The lowest BCUT2D eigenvalue weighted by molar-refractivity contribution is -0.154. The highest BCUT2D eigenvalue weighted by Crippen LogP contribution is 2.09. The number of aliphatic hydroxyl groups is 1. The van der Waals surface area contributed by atoms with Crippen LogP contribution in [-0.4, -0.2) is 37.0 Å². The predicted molar refractivity (Wildman–Crippen MR) is 186 cm³/mol. The molecule has 0 fully saturated rings. The summed E-state index contributed by atoms with van der Waals surface area (Å²) in [7, 11) is 0. The zero-order chi connectivity index (χ0) is 31.3. The quantitative estimate of drug-likeness (QED) is 0.0509. The second-order valence-electron chi connectivity index (χ2n) is 10.8. The molecule has 1 N–H and O–H groups in total. The van der Waals surface area contributed by atoms with Crippen molar-refractivity contribution in [3.63, 3.8) is 0 Å². The van der Waals surface area contributed by atoms with Crippen LogP contribution in [0.3, 0.4) is 0 Å². The molecule has 1 unspecified atom stereocenters. The van der Waals surface area contributed by atoms with E-state index in [2.05, 4.69) is 98.9 Å². The summed E-state index contributed by atoms with van der Waals surface area (Å²) < 4.78 is 11.1. The number of carbonyl (C=O) groups is 1. The van der Waals surface area contributed by atoms with Gasteiger partial charge in [-0.2, -0.15) is 0 Å². The van der Waals surface area contributed by atoms with Crippen LogP contribution in [0.1, 0.15) is 129 Å². The highest BCUT2D eigenvalue weighted by molar-refractivity contribution is 5.69. The molecule has 4 heteroatoms. The van der Waals surface area contributed by atoms with Gasteiger partial charge < -0.3 is 14.6 Å². The van der Waals surface area contributed by atoms with Crippen molar-refractivity contribution in [3.05, 3.63) is 85.1 Å². The van der Waals surface area contributed by atoms with Gasteiger partial charge in [0.25, 0.3) is 0 Å². The fourth-order valence-corrected chi connectivity index (χ4v) is 4.21. The summed E-state index contributed by atoms with van der Waals surface area (Å²) in [5, 5.41) is 9.53. The largest absolute Gasteiger partial charge is 0.457 e. The summed E-state index contributed by atoms with van der Waals surface area (Å²) in [6.45, 7) is 5.02. The van der Waals surface area contributed by atoms with E-state index in [-0.39, 0.29) is 19.2 Å². The Morgan fingerprint density at radius 2 is 0.977 bits per heavy atom. The Labute approximate surface area is 265 Å². The van der Waals surface area contributed by atoms with Crippen LogP contribution in [0.15, 0.2) is 85.1 Å². The third-order valence-electron chi connectivity index (χ3n) is 6.72. The van der Waals surface area contributed by atoms with Crippen LogP contribution in [0.25, 0.3) is 0 Å². The van der Waals surface area contributed by atoms with Crippen LogP contribution in [0.2, 0.25) is 0 Å². The summed E-state index contributed by atoms with van der Waals surface area (Å²) in [6.07, 6.45) is 49.0. The molecule has 0 aromatic rings. The fraction of sp³-hybridized carbons (Fsp3) is 0.615. The van der Waals surface area contributed by atoms with Crippen molar-refractivity contribution in [2.75, 3.05) is 19.8 Å². The first-order valence-corrected chi connectivity index (χ1v) is 17.2. The van der Waals surface area contributed by atoms with Crippen LogP contribution in [-0.2, 0) is 14.3 Å². The molecule has 0 radical (unpaired) electrons. The van der Waals surface area contributed by atoms with E-state index in [1.165, 1.54) is 19.3 Å². The van der Waals surface area contributed by atoms with Gasteiger partial charge in [-0.1, -0.05) is 125 Å². The smallest absolute Gasteiger partial charge is 0.306 e. The molecule has 0 saturated heterocycles. The highest BCUT2D eigenvalue weighted by atomic mass is 16.6. The number of hydrogen-bond donors (Lipinski definition) is 1. The molecule has 0 aromatic heterocycles. The molecule has 0 rings (SSSR count). The maximum Gasteiger partial charge on any atom is 0.306 e. The minimum absolute atomic E-state index is 0.197. The first-order chi connectivity index (χ1) is 21.2. The first kappa shape index (κ1) is 40.6. The molecule has 0 saturated carbocycles. The number of aliphatic hydroxyl groups excluding tert-OH is 1. The fourth-order valence-electron chi connectivity index (χ4n) is 4.21. The predicted octanol–water partition coefficient (Wildman–Crippen LogP) is 10.9. The van der Waals surface area contributed by atoms with Crippen LogP contribution in [0, 0.1) is 0 Å². The number of allylic oxidation sites excluding steroid dienone is 14. The normalized spacial score (nSPS) is 13.5. The van der Waals surface area contributed by atoms with Crippen LogP contribution in [0.5, 0.6) is 0 Å². The van der Waals surface area contributed by atoms with Gasteiger partial charge in [0, 0.05) is 13.0 Å². The number of hydrogen-bond acceptors (Lipinski definition) is 4. The van der Waals surface area contributed by atoms with Gasteiger partial charge >= 0.3 is 5.97 Å². The maximum absolute atomic E-state index is 12.1. The van der Waals surface area contributed by atoms with Gasteiger partial charge in [0.2, 0.25) is 0 Å². The molecule has 43 heavy (non-hydrogen) atoms. The zero-order valence-corrected chi connectivity index (χ0v) is 27.7. The standard InChI is InChI=1S/C39H64O4/c1-3-5-7-9-11-13-15-17-18-19-20-21-23-25-27-29-31-33-35-42-37-38(36-40)43-39(41)34-32-30-28-26-24-22-16-14-12-10-8-6-4-2/h5-8,11-14,17-18,20-22,24,38,40H,3-4,9-10,15-16,19,23,25-37H2,1-2H3/b7-5-,8-6-,13-11-,14-12-,18-17-,21-20-,24-22-. The van der Waals surface area contributed by atoms with Gasteiger partial charge in [0.15, 0.2) is 0 Å². The van der Waals surface area contributed by atoms with Gasteiger partial charge in [-0.05, 0) is 83.5 Å². The Kier molecular flexibility index (Phi) is 33.7. The minimum Gasteiger partial charge on any atom is -0.457 e. The number of unbranched alkanes of at least 4 members (excludes halogenated alkanes) is 8. The van der Waals surface area contributed by atoms with Crippen LogP contribution in [0.4, 0.5) is 0 Å². The molecule has 0 aromatic carbocycles. The molecule has 244 valence electrons. The van der Waals surface area contributed by atoms with Gasteiger partial charge in [0.05, 0.1) is 13.2 Å². The number of carbonyl (C=O) groups excluding carboxylic acids is 1. The summed E-state index contributed by atoms with van der Waals surface area (Å²) in [4.78, 5) is 12.1. The second kappa shape index (κ2) is 35.8. The molecule has 0 heterocycles. The van der Waals surface area contributed by atoms with Crippen molar-refractivity contribution >= 4 is 5.97 Å². The van der Waals surface area contributed by atoms with E-state index in [0.29, 0.717) is 13.0 Å². The number of esters is 1. The van der Waals surface area contributed by atoms with Gasteiger partial charge in [-0.3, -0.25) is 4.79 Å². The van der Waals surface area contributed by atoms with E-state index in [1.807, 2.05) is 0 Å². The van der Waals surface area contributed by atoms with E-state index in [1.54, 1.807) is 0 Å². The topological polar surface area (TPSA) is 55.8 Å². The molecule has 1 atom stereocenters. The molecule has 0 aliphatic heterocycles. The zero-order valence-electron chi connectivity index (χ0n) is 27.7. The minimum atomic E-state index is -0.563. The van der Waals surface area contributed by atoms with E-state index in [0.717, 1.165) is 89.9 Å². The van der Waals surface area contributed by atoms with Crippen LogP contribution < -0.4 is 0 Å². The van der Waals surface area contributed by atoms with Crippen molar-refractivity contribution in [1.29, 1.82) is 0 Å². The number of ether oxygens (including phenoxy) is 2. The Morgan fingerprint density at radius 3 is 1.47 bits per heavy atom. The molecule has 0 spiro atoms. The number of rotatable bonds is 30. The van der Waals surface area contributed by atoms with Crippen molar-refractivity contribution in [2.45, 2.75) is 136 Å². The van der Waals surface area contributed by atoms with E-state index in [9.17, 15) is 9.90 Å². The molecule has 0 amide bonds. The Balaban J connectivity index is 3.58. The first-order valence-electron chi connectivity index (χ1n) is 17.2. The summed E-state index contributed by atoms with van der Waals surface area (Å²) in [6, 6.07) is 0. The van der Waals surface area contributed by atoms with E-state index >= 15 is 0 Å². The third kappa shape index (κ3) is 33.9. The molecule has 0 bridgehead atoms. The molecule has 0 aliphatic rings. The van der Waals surface area contributed by atoms with Gasteiger partial charge in [-0.15, -0.1) is 0 Å². The van der Waals surface area contributed by atoms with E-state index in [4.69, 9.17) is 9.47 Å². The molecular formula is C39H64O4. The summed E-state index contributed by atoms with van der Waals surface area (Å²) in [5.41, 5.74) is 0. The van der Waals surface area contributed by atoms with E-state index < -0.39 is 6.10 Å². The molecule has 4 nitrogen and oxygen atoms in total. The SMILES string of the molecule is CC/C=C\C/C=C\C/C=C\C/C=C\CCCCCCCOCC(CO)OC(=O)CCCCC/C=C\C/C=C\C/C=C\CC. The lowest BCUT2D eigenvalue weighted by Crippen LogP contribution is -2.27. The average molecular weight is 597 g/mol. The molecule has 0 aliphatic carbocycles. The Morgan fingerprint density at radius 1 is 0.558 bits per heavy atom. The lowest BCUT2D eigenvalue weighted by Gasteiger charge is -2.15. The monoisotopic (exact) mass is 596 g/mol. The average Bonchev–Trinajstić information content (AvgIpc) is 3.01. The van der Waals surface area contributed by atoms with Crippen molar-refractivity contribution in [3.8, 4) is 0 Å². The summed E-state index contributed by atoms with van der Waals surface area (Å²) >= 11 is 0. The van der Waals surface area contributed by atoms with Crippen LogP contribution >= 0.6 is 0 Å². The maximum atomic E-state index is 12.1. The second-order valence-corrected chi connectivity index (χ2v) is 10.8. The third-order valence-corrected chi connectivity index (χ3v) is 6.72. The Hall–Kier alpha value is -2.43. The highest BCUT2D eigenvalue weighted by Gasteiger charge is 2.13. The molecular weight excluding hydrogens is 532 g/mol.